The number of hydrogen-bond donors (Lipinski definition) is 2. The standard InChI is InChI=1S/C18H21NO3/c1-13(20)11-19-16(9-14-5-3-2-4-6-14)15-7-8-17-18(10-15)22-12-21-17/h2-8,10,13,16,19-20H,9,11-12H2,1H3. The second-order valence-corrected chi connectivity index (χ2v) is 5.61. The van der Waals surface area contributed by atoms with Gasteiger partial charge in [0.15, 0.2) is 11.5 Å². The summed E-state index contributed by atoms with van der Waals surface area (Å²) in [5.74, 6) is 1.58. The van der Waals surface area contributed by atoms with Crippen molar-refractivity contribution in [3.05, 3.63) is 59.7 Å². The Kier molecular flexibility index (Phi) is 4.61. The van der Waals surface area contributed by atoms with E-state index in [0.29, 0.717) is 6.54 Å². The second-order valence-electron chi connectivity index (χ2n) is 5.61. The predicted octanol–water partition coefficient (Wildman–Crippen LogP) is 2.67. The minimum absolute atomic E-state index is 0.117. The molecule has 0 amide bonds. The molecule has 0 spiro atoms. The van der Waals surface area contributed by atoms with Crippen LogP contribution in [-0.4, -0.2) is 24.5 Å². The van der Waals surface area contributed by atoms with Gasteiger partial charge < -0.3 is 19.9 Å². The number of nitrogens with one attached hydrogen (secondary N) is 1. The third-order valence-corrected chi connectivity index (χ3v) is 3.74. The fourth-order valence-electron chi connectivity index (χ4n) is 2.60. The van der Waals surface area contributed by atoms with E-state index in [4.69, 9.17) is 9.47 Å². The fraction of sp³-hybridized carbons (Fsp3) is 0.333. The van der Waals surface area contributed by atoms with Gasteiger partial charge in [0.25, 0.3) is 0 Å². The normalized spacial score (nSPS) is 15.5. The molecule has 1 aliphatic heterocycles. The van der Waals surface area contributed by atoms with E-state index in [-0.39, 0.29) is 18.9 Å². The second kappa shape index (κ2) is 6.81. The molecule has 0 aliphatic carbocycles. The van der Waals surface area contributed by atoms with Crippen LogP contribution < -0.4 is 14.8 Å². The lowest BCUT2D eigenvalue weighted by Crippen LogP contribution is -2.30. The summed E-state index contributed by atoms with van der Waals surface area (Å²) >= 11 is 0. The zero-order valence-electron chi connectivity index (χ0n) is 12.7. The summed E-state index contributed by atoms with van der Waals surface area (Å²) in [6.07, 6.45) is 0.472. The zero-order valence-corrected chi connectivity index (χ0v) is 12.7. The first-order valence-electron chi connectivity index (χ1n) is 7.57. The first kappa shape index (κ1) is 14.9. The highest BCUT2D eigenvalue weighted by Crippen LogP contribution is 2.34. The lowest BCUT2D eigenvalue weighted by Gasteiger charge is -2.21. The summed E-state index contributed by atoms with van der Waals surface area (Å²) in [6, 6.07) is 16.5. The highest BCUT2D eigenvalue weighted by atomic mass is 16.7. The zero-order chi connectivity index (χ0) is 15.4. The molecule has 0 aromatic heterocycles. The van der Waals surface area contributed by atoms with Crippen molar-refractivity contribution in [2.24, 2.45) is 0 Å². The Hall–Kier alpha value is -2.04. The Balaban J connectivity index is 1.81. The van der Waals surface area contributed by atoms with Crippen molar-refractivity contribution in [3.8, 4) is 11.5 Å². The molecule has 22 heavy (non-hydrogen) atoms. The third kappa shape index (κ3) is 3.59. The topological polar surface area (TPSA) is 50.7 Å². The minimum Gasteiger partial charge on any atom is -0.454 e. The van der Waals surface area contributed by atoms with Gasteiger partial charge in [-0.05, 0) is 36.6 Å². The minimum atomic E-state index is -0.382. The molecule has 1 aliphatic rings. The lowest BCUT2D eigenvalue weighted by atomic mass is 9.98. The summed E-state index contributed by atoms with van der Waals surface area (Å²) < 4.78 is 10.8. The van der Waals surface area contributed by atoms with E-state index in [9.17, 15) is 5.11 Å². The molecule has 3 rings (SSSR count). The smallest absolute Gasteiger partial charge is 0.231 e. The van der Waals surface area contributed by atoms with Crippen molar-refractivity contribution in [2.75, 3.05) is 13.3 Å². The van der Waals surface area contributed by atoms with Crippen molar-refractivity contribution >= 4 is 0 Å². The van der Waals surface area contributed by atoms with Crippen LogP contribution >= 0.6 is 0 Å². The molecule has 1 heterocycles. The molecular formula is C18H21NO3. The number of aliphatic hydroxyl groups excluding tert-OH is 1. The van der Waals surface area contributed by atoms with E-state index >= 15 is 0 Å². The molecule has 2 aromatic carbocycles. The summed E-state index contributed by atoms with van der Waals surface area (Å²) in [5.41, 5.74) is 2.39. The lowest BCUT2D eigenvalue weighted by molar-refractivity contribution is 0.174. The number of aliphatic hydroxyl groups is 1. The Labute approximate surface area is 130 Å². The molecule has 4 nitrogen and oxygen atoms in total. The van der Waals surface area contributed by atoms with Crippen LogP contribution in [0.4, 0.5) is 0 Å². The van der Waals surface area contributed by atoms with Gasteiger partial charge in [0.1, 0.15) is 0 Å². The van der Waals surface area contributed by atoms with Crippen molar-refractivity contribution in [2.45, 2.75) is 25.5 Å². The van der Waals surface area contributed by atoms with Crippen molar-refractivity contribution in [3.63, 3.8) is 0 Å². The van der Waals surface area contributed by atoms with E-state index in [1.54, 1.807) is 6.92 Å². The number of benzene rings is 2. The van der Waals surface area contributed by atoms with Crippen LogP contribution in [0.5, 0.6) is 11.5 Å². The van der Waals surface area contributed by atoms with E-state index in [1.165, 1.54) is 5.56 Å². The van der Waals surface area contributed by atoms with Gasteiger partial charge in [0.2, 0.25) is 6.79 Å². The molecule has 0 bridgehead atoms. The third-order valence-electron chi connectivity index (χ3n) is 3.74. The highest BCUT2D eigenvalue weighted by Gasteiger charge is 2.18. The fourth-order valence-corrected chi connectivity index (χ4v) is 2.60. The van der Waals surface area contributed by atoms with Crippen LogP contribution in [0.2, 0.25) is 0 Å². The molecule has 0 radical (unpaired) electrons. The number of ether oxygens (including phenoxy) is 2. The summed E-state index contributed by atoms with van der Waals surface area (Å²) in [5, 5.41) is 13.0. The first-order valence-corrected chi connectivity index (χ1v) is 7.57. The monoisotopic (exact) mass is 299 g/mol. The van der Waals surface area contributed by atoms with E-state index < -0.39 is 0 Å². The number of rotatable bonds is 6. The average molecular weight is 299 g/mol. The molecular weight excluding hydrogens is 278 g/mol. The molecule has 0 saturated heterocycles. The molecule has 2 aromatic rings. The highest BCUT2D eigenvalue weighted by molar-refractivity contribution is 5.45. The number of hydrogen-bond acceptors (Lipinski definition) is 4. The van der Waals surface area contributed by atoms with Crippen LogP contribution in [0, 0.1) is 0 Å². The largest absolute Gasteiger partial charge is 0.454 e. The Morgan fingerprint density at radius 2 is 1.86 bits per heavy atom. The molecule has 116 valence electrons. The maximum Gasteiger partial charge on any atom is 0.231 e. The molecule has 0 saturated carbocycles. The predicted molar refractivity (Wildman–Crippen MR) is 85.1 cm³/mol. The number of fused-ring (bicyclic) bond motifs is 1. The van der Waals surface area contributed by atoms with E-state index in [0.717, 1.165) is 23.5 Å². The molecule has 4 heteroatoms. The summed E-state index contributed by atoms with van der Waals surface area (Å²) in [4.78, 5) is 0. The Morgan fingerprint density at radius 1 is 1.09 bits per heavy atom. The Morgan fingerprint density at radius 3 is 2.64 bits per heavy atom. The van der Waals surface area contributed by atoms with Crippen molar-refractivity contribution in [1.82, 2.24) is 5.32 Å². The summed E-state index contributed by atoms with van der Waals surface area (Å²) in [6.45, 7) is 2.61. The van der Waals surface area contributed by atoms with Gasteiger partial charge in [0, 0.05) is 12.6 Å². The van der Waals surface area contributed by atoms with Crippen LogP contribution in [0.25, 0.3) is 0 Å². The van der Waals surface area contributed by atoms with Crippen LogP contribution in [-0.2, 0) is 6.42 Å². The molecule has 2 N–H and O–H groups in total. The van der Waals surface area contributed by atoms with E-state index in [2.05, 4.69) is 23.5 Å². The maximum atomic E-state index is 9.56. The van der Waals surface area contributed by atoms with Gasteiger partial charge in [-0.2, -0.15) is 0 Å². The molecule has 0 fully saturated rings. The summed E-state index contributed by atoms with van der Waals surface area (Å²) in [7, 11) is 0. The van der Waals surface area contributed by atoms with Gasteiger partial charge in [-0.3, -0.25) is 0 Å². The average Bonchev–Trinajstić information content (AvgIpc) is 2.99. The van der Waals surface area contributed by atoms with Gasteiger partial charge >= 0.3 is 0 Å². The van der Waals surface area contributed by atoms with Crippen LogP contribution in [0.3, 0.4) is 0 Å². The Bertz CT molecular complexity index is 613. The van der Waals surface area contributed by atoms with Crippen molar-refractivity contribution < 1.29 is 14.6 Å². The molecule has 2 atom stereocenters. The van der Waals surface area contributed by atoms with Gasteiger partial charge in [-0.15, -0.1) is 0 Å². The van der Waals surface area contributed by atoms with Crippen LogP contribution in [0.15, 0.2) is 48.5 Å². The first-order chi connectivity index (χ1) is 10.7. The maximum absolute atomic E-state index is 9.56. The quantitative estimate of drug-likeness (QED) is 0.861. The van der Waals surface area contributed by atoms with Crippen molar-refractivity contribution in [1.29, 1.82) is 0 Å². The van der Waals surface area contributed by atoms with Gasteiger partial charge in [-0.1, -0.05) is 36.4 Å². The van der Waals surface area contributed by atoms with Crippen LogP contribution in [0.1, 0.15) is 24.1 Å². The van der Waals surface area contributed by atoms with Gasteiger partial charge in [-0.25, -0.2) is 0 Å². The van der Waals surface area contributed by atoms with Gasteiger partial charge in [0.05, 0.1) is 6.10 Å². The van der Waals surface area contributed by atoms with E-state index in [1.807, 2.05) is 30.3 Å². The molecule has 2 unspecified atom stereocenters. The SMILES string of the molecule is CC(O)CNC(Cc1ccccc1)c1ccc2c(c1)OCO2.